The van der Waals surface area contributed by atoms with Crippen LogP contribution in [0.15, 0.2) is 36.4 Å². The maximum atomic E-state index is 13.5. The summed E-state index contributed by atoms with van der Waals surface area (Å²) in [5.74, 6) is -3.02. The number of nitrogens with zero attached hydrogens (tertiary/aromatic N) is 3. The first-order valence-electron chi connectivity index (χ1n) is 9.30. The fraction of sp³-hybridized carbons (Fsp3) is 0.409. The third-order valence-electron chi connectivity index (χ3n) is 4.95. The van der Waals surface area contributed by atoms with Crippen molar-refractivity contribution in [1.82, 2.24) is 9.88 Å². The number of pyridine rings is 1. The van der Waals surface area contributed by atoms with Gasteiger partial charge in [0.2, 0.25) is 0 Å². The van der Waals surface area contributed by atoms with E-state index in [1.165, 1.54) is 4.90 Å². The lowest BCUT2D eigenvalue weighted by atomic mass is 9.91. The van der Waals surface area contributed by atoms with E-state index in [2.05, 4.69) is 6.07 Å². The Labute approximate surface area is 163 Å². The molecule has 1 aromatic heterocycles. The third-order valence-corrected chi connectivity index (χ3v) is 4.95. The summed E-state index contributed by atoms with van der Waals surface area (Å²) >= 11 is 0. The van der Waals surface area contributed by atoms with Gasteiger partial charge in [-0.15, -0.1) is 0 Å². The summed E-state index contributed by atoms with van der Waals surface area (Å²) in [6.45, 7) is 6.17. The molecule has 1 fully saturated rings. The molecule has 3 rings (SSSR count). The first kappa shape index (κ1) is 19.9. The van der Waals surface area contributed by atoms with Crippen LogP contribution in [0, 0.1) is 11.3 Å². The van der Waals surface area contributed by atoms with Gasteiger partial charge in [-0.05, 0) is 30.3 Å². The van der Waals surface area contributed by atoms with Gasteiger partial charge in [0.15, 0.2) is 0 Å². The molecule has 1 aromatic carbocycles. The number of hydrogen-bond donors (Lipinski definition) is 0. The Morgan fingerprint density at radius 3 is 2.46 bits per heavy atom. The number of hydrogen-bond acceptors (Lipinski definition) is 3. The zero-order valence-electron chi connectivity index (χ0n) is 16.3. The van der Waals surface area contributed by atoms with Gasteiger partial charge < -0.3 is 4.90 Å². The largest absolute Gasteiger partial charge is 0.338 e. The fourth-order valence-electron chi connectivity index (χ4n) is 3.22. The molecule has 1 saturated heterocycles. The van der Waals surface area contributed by atoms with Crippen molar-refractivity contribution in [2.45, 2.75) is 45.0 Å². The van der Waals surface area contributed by atoms with Gasteiger partial charge in [0, 0.05) is 48.2 Å². The molecule has 28 heavy (non-hydrogen) atoms. The number of aromatic nitrogens is 1. The van der Waals surface area contributed by atoms with Crippen molar-refractivity contribution >= 4 is 5.91 Å². The molecule has 0 aliphatic carbocycles. The second-order valence-electron chi connectivity index (χ2n) is 8.18. The Kier molecular flexibility index (Phi) is 5.20. The van der Waals surface area contributed by atoms with E-state index in [9.17, 15) is 18.8 Å². The van der Waals surface area contributed by atoms with Crippen molar-refractivity contribution < 1.29 is 13.6 Å². The molecule has 0 radical (unpaired) electrons. The Balaban J connectivity index is 2.02. The molecule has 0 atom stereocenters. The van der Waals surface area contributed by atoms with Gasteiger partial charge >= 0.3 is 0 Å². The van der Waals surface area contributed by atoms with Crippen molar-refractivity contribution in [3.05, 3.63) is 53.2 Å². The molecule has 0 N–H and O–H groups in total. The normalized spacial score (nSPS) is 16.5. The van der Waals surface area contributed by atoms with E-state index >= 15 is 0 Å². The molecule has 2 heterocycles. The van der Waals surface area contributed by atoms with E-state index in [0.717, 1.165) is 5.69 Å². The molecule has 0 unspecified atom stereocenters. The maximum absolute atomic E-state index is 13.5. The van der Waals surface area contributed by atoms with Gasteiger partial charge in [0.1, 0.15) is 0 Å². The zero-order valence-corrected chi connectivity index (χ0v) is 16.3. The van der Waals surface area contributed by atoms with Crippen molar-refractivity contribution in [2.75, 3.05) is 13.1 Å². The molecule has 0 saturated carbocycles. The summed E-state index contributed by atoms with van der Waals surface area (Å²) in [6.07, 6.45) is -0.662. The van der Waals surface area contributed by atoms with Crippen LogP contribution >= 0.6 is 0 Å². The summed E-state index contributed by atoms with van der Waals surface area (Å²) in [7, 11) is 0. The zero-order chi connectivity index (χ0) is 20.5. The molecule has 4 nitrogen and oxygen atoms in total. The van der Waals surface area contributed by atoms with Crippen molar-refractivity contribution in [1.29, 1.82) is 5.26 Å². The lowest BCUT2D eigenvalue weighted by Gasteiger charge is -2.32. The second kappa shape index (κ2) is 7.31. The number of carbonyl (C=O) groups excluding carboxylic acids is 1. The highest BCUT2D eigenvalue weighted by molar-refractivity contribution is 6.00. The van der Waals surface area contributed by atoms with Crippen LogP contribution in [-0.4, -0.2) is 34.8 Å². The fourth-order valence-corrected chi connectivity index (χ4v) is 3.22. The number of alkyl halides is 2. The predicted octanol–water partition coefficient (Wildman–Crippen LogP) is 4.79. The summed E-state index contributed by atoms with van der Waals surface area (Å²) in [4.78, 5) is 19.2. The highest BCUT2D eigenvalue weighted by Crippen LogP contribution is 2.31. The number of benzene rings is 1. The van der Waals surface area contributed by atoms with Gasteiger partial charge in [-0.25, -0.2) is 8.78 Å². The van der Waals surface area contributed by atoms with E-state index < -0.39 is 5.92 Å². The summed E-state index contributed by atoms with van der Waals surface area (Å²) in [5.41, 5.74) is 2.62. The Morgan fingerprint density at radius 1 is 1.18 bits per heavy atom. The topological polar surface area (TPSA) is 57.0 Å². The van der Waals surface area contributed by atoms with Crippen LogP contribution in [0.5, 0.6) is 0 Å². The maximum Gasteiger partial charge on any atom is 0.254 e. The smallest absolute Gasteiger partial charge is 0.254 e. The SMILES string of the molecule is CC(C)(C)c1cccc(-c2cc(C#N)ccc2C(=O)N2CCC(F)(F)CC2)n1. The standard InChI is InChI=1S/C22H23F2N3O/c1-21(2,3)19-6-4-5-18(26-19)17-13-15(14-25)7-8-16(17)20(28)27-11-9-22(23,24)10-12-27/h4-8,13H,9-12H2,1-3H3. The summed E-state index contributed by atoms with van der Waals surface area (Å²) in [6, 6.07) is 12.5. The van der Waals surface area contributed by atoms with Gasteiger partial charge in [-0.3, -0.25) is 9.78 Å². The number of amides is 1. The molecule has 1 aliphatic heterocycles. The van der Waals surface area contributed by atoms with Gasteiger partial charge in [0.25, 0.3) is 11.8 Å². The van der Waals surface area contributed by atoms with Crippen LogP contribution < -0.4 is 0 Å². The van der Waals surface area contributed by atoms with E-state index in [1.807, 2.05) is 32.9 Å². The van der Waals surface area contributed by atoms with Crippen LogP contribution in [0.2, 0.25) is 0 Å². The first-order valence-corrected chi connectivity index (χ1v) is 9.30. The number of likely N-dealkylation sites (tertiary alicyclic amines) is 1. The second-order valence-corrected chi connectivity index (χ2v) is 8.18. The Hall–Kier alpha value is -2.81. The summed E-state index contributed by atoms with van der Waals surface area (Å²) in [5, 5.41) is 9.28. The van der Waals surface area contributed by atoms with E-state index in [4.69, 9.17) is 4.98 Å². The number of carbonyl (C=O) groups is 1. The lowest BCUT2D eigenvalue weighted by Crippen LogP contribution is -2.42. The molecule has 0 spiro atoms. The molecule has 1 aliphatic rings. The molecule has 146 valence electrons. The number of rotatable bonds is 2. The van der Waals surface area contributed by atoms with Gasteiger partial charge in [0.05, 0.1) is 17.3 Å². The molecular formula is C22H23F2N3O. The molecule has 2 aromatic rings. The Bertz CT molecular complexity index is 932. The monoisotopic (exact) mass is 383 g/mol. The van der Waals surface area contributed by atoms with Crippen molar-refractivity contribution in [3.8, 4) is 17.3 Å². The van der Waals surface area contributed by atoms with Crippen molar-refractivity contribution in [3.63, 3.8) is 0 Å². The highest BCUT2D eigenvalue weighted by Gasteiger charge is 2.36. The average molecular weight is 383 g/mol. The van der Waals surface area contributed by atoms with Crippen LogP contribution in [-0.2, 0) is 5.41 Å². The van der Waals surface area contributed by atoms with Crippen LogP contribution in [0.25, 0.3) is 11.3 Å². The quantitative estimate of drug-likeness (QED) is 0.749. The minimum absolute atomic E-state index is 0.0146. The minimum Gasteiger partial charge on any atom is -0.338 e. The van der Waals surface area contributed by atoms with Crippen molar-refractivity contribution in [2.24, 2.45) is 0 Å². The molecule has 6 heteroatoms. The van der Waals surface area contributed by atoms with E-state index in [-0.39, 0.29) is 37.3 Å². The summed E-state index contributed by atoms with van der Waals surface area (Å²) < 4.78 is 26.9. The predicted molar refractivity (Wildman–Crippen MR) is 103 cm³/mol. The highest BCUT2D eigenvalue weighted by atomic mass is 19.3. The molecular weight excluding hydrogens is 360 g/mol. The Morgan fingerprint density at radius 2 is 1.86 bits per heavy atom. The van der Waals surface area contributed by atoms with E-state index in [1.54, 1.807) is 24.3 Å². The minimum atomic E-state index is -2.72. The van der Waals surface area contributed by atoms with Crippen LogP contribution in [0.3, 0.4) is 0 Å². The van der Waals surface area contributed by atoms with Crippen LogP contribution in [0.1, 0.15) is 55.2 Å². The van der Waals surface area contributed by atoms with E-state index in [0.29, 0.717) is 22.4 Å². The average Bonchev–Trinajstić information content (AvgIpc) is 2.66. The van der Waals surface area contributed by atoms with Gasteiger partial charge in [-0.1, -0.05) is 26.8 Å². The first-order chi connectivity index (χ1) is 13.1. The van der Waals surface area contributed by atoms with Gasteiger partial charge in [-0.2, -0.15) is 5.26 Å². The number of piperidine rings is 1. The molecule has 1 amide bonds. The number of halogens is 2. The van der Waals surface area contributed by atoms with Crippen LogP contribution in [0.4, 0.5) is 8.78 Å². The lowest BCUT2D eigenvalue weighted by molar-refractivity contribution is -0.0494. The third kappa shape index (κ3) is 4.19. The molecule has 0 bridgehead atoms. The number of nitriles is 1.